The predicted molar refractivity (Wildman–Crippen MR) is 92.9 cm³/mol. The molecule has 2 aliphatic rings. The van der Waals surface area contributed by atoms with Gasteiger partial charge >= 0.3 is 0 Å². The van der Waals surface area contributed by atoms with E-state index in [2.05, 4.69) is 39.1 Å². The maximum absolute atomic E-state index is 13.1. The van der Waals surface area contributed by atoms with Crippen LogP contribution < -0.4 is 4.90 Å². The van der Waals surface area contributed by atoms with Crippen LogP contribution in [0.1, 0.15) is 35.8 Å². The van der Waals surface area contributed by atoms with Gasteiger partial charge < -0.3 is 9.32 Å². The lowest BCUT2D eigenvalue weighted by atomic mass is 10.0. The highest BCUT2D eigenvalue weighted by molar-refractivity contribution is 5.58. The van der Waals surface area contributed by atoms with Crippen molar-refractivity contribution in [1.29, 1.82) is 0 Å². The molecule has 0 radical (unpaired) electrons. The largest absolute Gasteiger partial charge is 0.439 e. The Morgan fingerprint density at radius 1 is 1.12 bits per heavy atom. The van der Waals surface area contributed by atoms with E-state index in [4.69, 9.17) is 4.42 Å². The Balaban J connectivity index is 1.44. The SMILES string of the molecule is Fc1ccc(-c2nc3c(o2)CCN(c2ccccc2C2CC2)C3)nc1. The monoisotopic (exact) mass is 335 g/mol. The summed E-state index contributed by atoms with van der Waals surface area (Å²) < 4.78 is 18.9. The van der Waals surface area contributed by atoms with E-state index in [1.54, 1.807) is 6.07 Å². The van der Waals surface area contributed by atoms with Gasteiger partial charge in [0.1, 0.15) is 23.0 Å². The highest BCUT2D eigenvalue weighted by atomic mass is 19.1. The van der Waals surface area contributed by atoms with Gasteiger partial charge in [-0.25, -0.2) is 14.4 Å². The molecule has 0 spiro atoms. The Bertz CT molecular complexity index is 915. The van der Waals surface area contributed by atoms with Crippen molar-refractivity contribution in [2.75, 3.05) is 11.4 Å². The minimum atomic E-state index is -0.358. The molecule has 3 heterocycles. The number of pyridine rings is 1. The third kappa shape index (κ3) is 2.69. The van der Waals surface area contributed by atoms with Crippen molar-refractivity contribution in [2.24, 2.45) is 0 Å². The number of halogens is 1. The zero-order chi connectivity index (χ0) is 16.8. The molecule has 25 heavy (non-hydrogen) atoms. The zero-order valence-corrected chi connectivity index (χ0v) is 13.8. The minimum absolute atomic E-state index is 0.358. The van der Waals surface area contributed by atoms with E-state index in [1.165, 1.54) is 36.4 Å². The fourth-order valence-corrected chi connectivity index (χ4v) is 3.53. The molecule has 4 nitrogen and oxygen atoms in total. The standard InChI is InChI=1S/C20H18FN3O/c21-14-7-8-16(22-11-14)20-23-17-12-24(10-9-19(17)25-20)18-4-2-1-3-15(18)13-5-6-13/h1-4,7-8,11,13H,5-6,9-10,12H2. The summed E-state index contributed by atoms with van der Waals surface area (Å²) in [5.41, 5.74) is 4.30. The summed E-state index contributed by atoms with van der Waals surface area (Å²) in [5.74, 6) is 1.75. The van der Waals surface area contributed by atoms with E-state index in [-0.39, 0.29) is 5.82 Å². The number of hydrogen-bond donors (Lipinski definition) is 0. The predicted octanol–water partition coefficient (Wildman–Crippen LogP) is 4.32. The van der Waals surface area contributed by atoms with Crippen LogP contribution in [0.25, 0.3) is 11.6 Å². The fourth-order valence-electron chi connectivity index (χ4n) is 3.53. The smallest absolute Gasteiger partial charge is 0.245 e. The number of hydrogen-bond acceptors (Lipinski definition) is 4. The average Bonchev–Trinajstić information content (AvgIpc) is 3.41. The Morgan fingerprint density at radius 2 is 2.00 bits per heavy atom. The second-order valence-corrected chi connectivity index (χ2v) is 6.76. The Labute approximate surface area is 145 Å². The first-order valence-corrected chi connectivity index (χ1v) is 8.72. The molecule has 1 saturated carbocycles. The highest BCUT2D eigenvalue weighted by Crippen LogP contribution is 2.45. The molecule has 1 fully saturated rings. The molecule has 126 valence electrons. The zero-order valence-electron chi connectivity index (χ0n) is 13.8. The van der Waals surface area contributed by atoms with Gasteiger partial charge in [0.25, 0.3) is 0 Å². The molecule has 1 aliphatic carbocycles. The van der Waals surface area contributed by atoms with Gasteiger partial charge in [0.2, 0.25) is 5.89 Å². The molecular formula is C20H18FN3O. The lowest BCUT2D eigenvalue weighted by molar-refractivity contribution is 0.497. The van der Waals surface area contributed by atoms with Crippen LogP contribution in [-0.4, -0.2) is 16.5 Å². The number of oxazole rings is 1. The highest BCUT2D eigenvalue weighted by Gasteiger charge is 2.30. The lowest BCUT2D eigenvalue weighted by Crippen LogP contribution is -2.30. The van der Waals surface area contributed by atoms with Gasteiger partial charge in [0.15, 0.2) is 0 Å². The number of rotatable bonds is 3. The van der Waals surface area contributed by atoms with Gasteiger partial charge in [-0.1, -0.05) is 18.2 Å². The van der Waals surface area contributed by atoms with Crippen molar-refractivity contribution >= 4 is 5.69 Å². The fraction of sp³-hybridized carbons (Fsp3) is 0.300. The average molecular weight is 335 g/mol. The molecule has 5 rings (SSSR count). The van der Waals surface area contributed by atoms with Crippen LogP contribution in [0.4, 0.5) is 10.1 Å². The summed E-state index contributed by atoms with van der Waals surface area (Å²) in [6.07, 6.45) is 4.60. The third-order valence-corrected chi connectivity index (χ3v) is 4.97. The van der Waals surface area contributed by atoms with Gasteiger partial charge in [-0.3, -0.25) is 0 Å². The molecule has 0 atom stereocenters. The summed E-state index contributed by atoms with van der Waals surface area (Å²) in [4.78, 5) is 11.1. The first kappa shape index (κ1) is 14.6. The summed E-state index contributed by atoms with van der Waals surface area (Å²) in [6, 6.07) is 11.7. The Hall–Kier alpha value is -2.69. The van der Waals surface area contributed by atoms with Crippen LogP contribution in [0, 0.1) is 5.82 Å². The molecule has 3 aromatic rings. The number of para-hydroxylation sites is 1. The van der Waals surface area contributed by atoms with Gasteiger partial charge in [-0.15, -0.1) is 0 Å². The molecule has 0 bridgehead atoms. The molecule has 0 saturated heterocycles. The molecule has 5 heteroatoms. The molecule has 0 unspecified atom stereocenters. The van der Waals surface area contributed by atoms with Gasteiger partial charge in [0, 0.05) is 18.7 Å². The summed E-state index contributed by atoms with van der Waals surface area (Å²) in [6.45, 7) is 1.66. The van der Waals surface area contributed by atoms with Crippen LogP contribution in [0.5, 0.6) is 0 Å². The van der Waals surface area contributed by atoms with Crippen molar-refractivity contribution in [1.82, 2.24) is 9.97 Å². The normalized spacial score (nSPS) is 16.8. The van der Waals surface area contributed by atoms with Crippen molar-refractivity contribution in [3.63, 3.8) is 0 Å². The first-order valence-electron chi connectivity index (χ1n) is 8.72. The van der Waals surface area contributed by atoms with Crippen molar-refractivity contribution in [3.8, 4) is 11.6 Å². The summed E-state index contributed by atoms with van der Waals surface area (Å²) in [7, 11) is 0. The van der Waals surface area contributed by atoms with Gasteiger partial charge in [-0.05, 0) is 42.5 Å². The maximum atomic E-state index is 13.1. The van der Waals surface area contributed by atoms with Gasteiger partial charge in [-0.2, -0.15) is 0 Å². The number of fused-ring (bicyclic) bond motifs is 1. The van der Waals surface area contributed by atoms with Crippen molar-refractivity contribution in [3.05, 3.63) is 65.4 Å². The van der Waals surface area contributed by atoms with Crippen molar-refractivity contribution < 1.29 is 8.81 Å². The molecular weight excluding hydrogens is 317 g/mol. The Kier molecular flexibility index (Phi) is 3.33. The first-order chi connectivity index (χ1) is 12.3. The van der Waals surface area contributed by atoms with Crippen LogP contribution in [-0.2, 0) is 13.0 Å². The molecule has 0 amide bonds. The maximum Gasteiger partial charge on any atom is 0.245 e. The Morgan fingerprint density at radius 3 is 2.80 bits per heavy atom. The van der Waals surface area contributed by atoms with Crippen molar-refractivity contribution in [2.45, 2.75) is 31.7 Å². The second-order valence-electron chi connectivity index (χ2n) is 6.76. The number of benzene rings is 1. The van der Waals surface area contributed by atoms with E-state index in [1.807, 2.05) is 0 Å². The quantitative estimate of drug-likeness (QED) is 0.715. The number of nitrogens with zero attached hydrogens (tertiary/aromatic N) is 3. The number of aromatic nitrogens is 2. The molecule has 1 aliphatic heterocycles. The van der Waals surface area contributed by atoms with E-state index in [0.29, 0.717) is 17.5 Å². The second kappa shape index (κ2) is 5.69. The van der Waals surface area contributed by atoms with E-state index >= 15 is 0 Å². The van der Waals surface area contributed by atoms with E-state index < -0.39 is 0 Å². The molecule has 0 N–H and O–H groups in total. The minimum Gasteiger partial charge on any atom is -0.439 e. The van der Waals surface area contributed by atoms with E-state index in [0.717, 1.165) is 31.0 Å². The summed E-state index contributed by atoms with van der Waals surface area (Å²) >= 11 is 0. The van der Waals surface area contributed by atoms with Crippen LogP contribution in [0.15, 0.2) is 47.0 Å². The van der Waals surface area contributed by atoms with Crippen LogP contribution in [0.3, 0.4) is 0 Å². The topological polar surface area (TPSA) is 42.2 Å². The number of anilines is 1. The van der Waals surface area contributed by atoms with E-state index in [9.17, 15) is 4.39 Å². The lowest BCUT2D eigenvalue weighted by Gasteiger charge is -2.29. The third-order valence-electron chi connectivity index (χ3n) is 4.97. The van der Waals surface area contributed by atoms with Crippen LogP contribution >= 0.6 is 0 Å². The summed E-state index contributed by atoms with van der Waals surface area (Å²) in [5, 5.41) is 0. The molecule has 1 aromatic carbocycles. The van der Waals surface area contributed by atoms with Crippen LogP contribution in [0.2, 0.25) is 0 Å². The molecule has 2 aromatic heterocycles. The van der Waals surface area contributed by atoms with Gasteiger partial charge in [0.05, 0.1) is 12.7 Å².